The van der Waals surface area contributed by atoms with E-state index in [1.54, 1.807) is 6.92 Å². The van der Waals surface area contributed by atoms with Crippen molar-refractivity contribution in [1.82, 2.24) is 8.43 Å². The van der Waals surface area contributed by atoms with Crippen LogP contribution in [0, 0.1) is 0 Å². The summed E-state index contributed by atoms with van der Waals surface area (Å²) in [6.07, 6.45) is 1.37. The van der Waals surface area contributed by atoms with Gasteiger partial charge in [0.05, 0.1) is 6.04 Å². The zero-order valence-corrected chi connectivity index (χ0v) is 10.4. The van der Waals surface area contributed by atoms with Crippen molar-refractivity contribution in [2.45, 2.75) is 39.0 Å². The third-order valence-electron chi connectivity index (χ3n) is 2.22. The number of halogens is 2. The molecule has 76 valence electrons. The van der Waals surface area contributed by atoms with Crippen molar-refractivity contribution in [3.8, 4) is 0 Å². The molecule has 13 heavy (non-hydrogen) atoms. The van der Waals surface area contributed by atoms with Gasteiger partial charge in [-0.3, -0.25) is 0 Å². The van der Waals surface area contributed by atoms with Crippen molar-refractivity contribution in [2.24, 2.45) is 0 Å². The van der Waals surface area contributed by atoms with E-state index in [9.17, 15) is 4.39 Å². The fourth-order valence-corrected chi connectivity index (χ4v) is 1.88. The van der Waals surface area contributed by atoms with E-state index < -0.39 is 6.17 Å². The molecule has 0 aromatic heterocycles. The first-order valence-electron chi connectivity index (χ1n) is 4.56. The zero-order chi connectivity index (χ0) is 10.0. The molecule has 0 radical (unpaired) electrons. The van der Waals surface area contributed by atoms with Crippen LogP contribution in [0.3, 0.4) is 0 Å². The summed E-state index contributed by atoms with van der Waals surface area (Å²) in [5.74, 6) is 0. The van der Waals surface area contributed by atoms with Crippen LogP contribution < -0.4 is 5.32 Å². The molecule has 0 aromatic carbocycles. The highest BCUT2D eigenvalue weighted by atomic mass is 127. The molecule has 1 aliphatic rings. The minimum atomic E-state index is -0.785. The quantitative estimate of drug-likeness (QED) is 0.635. The molecule has 1 unspecified atom stereocenters. The predicted octanol–water partition coefficient (Wildman–Crippen LogP) is 2.26. The highest BCUT2D eigenvalue weighted by Gasteiger charge is 2.26. The Morgan fingerprint density at radius 2 is 2.31 bits per heavy atom. The van der Waals surface area contributed by atoms with Crippen LogP contribution in [0.15, 0.2) is 11.8 Å². The summed E-state index contributed by atoms with van der Waals surface area (Å²) in [5.41, 5.74) is 1.14. The van der Waals surface area contributed by atoms with E-state index in [1.165, 1.54) is 0 Å². The van der Waals surface area contributed by atoms with E-state index in [2.05, 4.69) is 51.2 Å². The zero-order valence-electron chi connectivity index (χ0n) is 8.22. The molecule has 4 heteroatoms. The maximum absolute atomic E-state index is 12.6. The van der Waals surface area contributed by atoms with Gasteiger partial charge in [0.25, 0.3) is 0 Å². The predicted molar refractivity (Wildman–Crippen MR) is 61.4 cm³/mol. The fourth-order valence-electron chi connectivity index (χ4n) is 1.42. The molecule has 0 saturated heterocycles. The third kappa shape index (κ3) is 2.80. The summed E-state index contributed by atoms with van der Waals surface area (Å²) < 4.78 is 14.8. The van der Waals surface area contributed by atoms with Gasteiger partial charge in [-0.2, -0.15) is 0 Å². The lowest BCUT2D eigenvalue weighted by atomic mass is 10.2. The Morgan fingerprint density at radius 3 is 2.69 bits per heavy atom. The van der Waals surface area contributed by atoms with Crippen molar-refractivity contribution in [1.29, 1.82) is 0 Å². The van der Waals surface area contributed by atoms with Crippen LogP contribution >= 0.6 is 22.9 Å². The van der Waals surface area contributed by atoms with Gasteiger partial charge in [0.2, 0.25) is 0 Å². The number of nitrogens with one attached hydrogen (secondary N) is 1. The minimum absolute atomic E-state index is 0.370. The first-order valence-corrected chi connectivity index (χ1v) is 5.52. The number of hydrogen-bond acceptors (Lipinski definition) is 2. The molecule has 0 amide bonds. The Hall–Kier alpha value is 0.160. The van der Waals surface area contributed by atoms with E-state index in [4.69, 9.17) is 0 Å². The number of rotatable bonds is 3. The van der Waals surface area contributed by atoms with Gasteiger partial charge in [0.1, 0.15) is 6.17 Å². The molecule has 1 heterocycles. The van der Waals surface area contributed by atoms with Gasteiger partial charge in [-0.25, -0.2) is 7.50 Å². The normalized spacial score (nSPS) is 31.6. The Labute approximate surface area is 93.1 Å². The van der Waals surface area contributed by atoms with E-state index >= 15 is 0 Å². The molecular formula is C9H16FIN2. The molecule has 1 aliphatic heterocycles. The van der Waals surface area contributed by atoms with Gasteiger partial charge in [-0.05, 0) is 26.8 Å². The molecule has 0 saturated carbocycles. The molecule has 0 bridgehead atoms. The minimum Gasteiger partial charge on any atom is -0.384 e. The van der Waals surface area contributed by atoms with Gasteiger partial charge < -0.3 is 5.32 Å². The van der Waals surface area contributed by atoms with Gasteiger partial charge in [-0.15, -0.1) is 0 Å². The maximum Gasteiger partial charge on any atom is 0.114 e. The van der Waals surface area contributed by atoms with Gasteiger partial charge in [-0.1, -0.05) is 0 Å². The van der Waals surface area contributed by atoms with Gasteiger partial charge >= 0.3 is 0 Å². The summed E-state index contributed by atoms with van der Waals surface area (Å²) in [6, 6.07) is 0.808. The molecular weight excluding hydrogens is 282 g/mol. The molecule has 2 nitrogen and oxygen atoms in total. The molecule has 0 aliphatic carbocycles. The molecule has 0 fully saturated rings. The largest absolute Gasteiger partial charge is 0.384 e. The number of hydrogen-bond donors (Lipinski definition) is 1. The number of alkyl halides is 1. The van der Waals surface area contributed by atoms with Crippen LogP contribution in [0.1, 0.15) is 20.8 Å². The molecule has 3 atom stereocenters. The highest BCUT2D eigenvalue weighted by molar-refractivity contribution is 14.1. The summed E-state index contributed by atoms with van der Waals surface area (Å²) in [5, 5.41) is 3.13. The van der Waals surface area contributed by atoms with Crippen LogP contribution in [0.5, 0.6) is 0 Å². The topological polar surface area (TPSA) is 15.3 Å². The van der Waals surface area contributed by atoms with Crippen molar-refractivity contribution >= 4 is 22.9 Å². The Kier molecular flexibility index (Phi) is 3.97. The monoisotopic (exact) mass is 298 g/mol. The second kappa shape index (κ2) is 4.59. The molecule has 1 N–H and O–H groups in total. The van der Waals surface area contributed by atoms with E-state index in [0.717, 1.165) is 5.70 Å². The summed E-state index contributed by atoms with van der Waals surface area (Å²) in [7, 11) is 0. The lowest BCUT2D eigenvalue weighted by Gasteiger charge is -2.20. The molecule has 1 rings (SSSR count). The summed E-state index contributed by atoms with van der Waals surface area (Å²) in [4.78, 5) is 0. The summed E-state index contributed by atoms with van der Waals surface area (Å²) in [6.45, 7) is 6.24. The second-order valence-corrected chi connectivity index (χ2v) is 4.66. The number of nitrogens with zero attached hydrogens (tertiary/aromatic N) is 1. The van der Waals surface area contributed by atoms with E-state index in [1.807, 2.05) is 0 Å². The average Bonchev–Trinajstić information content (AvgIpc) is 2.29. The van der Waals surface area contributed by atoms with Gasteiger partial charge in [0.15, 0.2) is 0 Å². The second-order valence-electron chi connectivity index (χ2n) is 3.54. The molecule has 0 spiro atoms. The van der Waals surface area contributed by atoms with Crippen molar-refractivity contribution in [3.63, 3.8) is 0 Å². The van der Waals surface area contributed by atoms with Crippen LogP contribution in [0.25, 0.3) is 0 Å². The van der Waals surface area contributed by atoms with Crippen LogP contribution in [-0.2, 0) is 0 Å². The maximum atomic E-state index is 12.6. The standard InChI is InChI=1S/C9H16FIN2/c1-6(10)5-12-9-4-7(2)13(11)8(9)3/h4,6-8,12H,5H2,1-3H3/t6?,7-,8-/m1/s1. The van der Waals surface area contributed by atoms with Crippen LogP contribution in [-0.4, -0.2) is 27.9 Å². The van der Waals surface area contributed by atoms with Gasteiger partial charge in [0, 0.05) is 41.1 Å². The highest BCUT2D eigenvalue weighted by Crippen LogP contribution is 2.25. The Morgan fingerprint density at radius 1 is 1.69 bits per heavy atom. The smallest absolute Gasteiger partial charge is 0.114 e. The summed E-state index contributed by atoms with van der Waals surface area (Å²) >= 11 is 2.30. The first-order chi connectivity index (χ1) is 6.02. The first kappa shape index (κ1) is 11.2. The molecule has 0 aromatic rings. The van der Waals surface area contributed by atoms with E-state index in [-0.39, 0.29) is 0 Å². The Bertz CT molecular complexity index is 206. The third-order valence-corrected chi connectivity index (χ3v) is 3.93. The Balaban J connectivity index is 2.47. The van der Waals surface area contributed by atoms with Crippen LogP contribution in [0.4, 0.5) is 4.39 Å². The SMILES string of the molecule is CC(F)CNC1=C[C@@H](C)N(I)[C@@H]1C. The average molecular weight is 298 g/mol. The van der Waals surface area contributed by atoms with Crippen molar-refractivity contribution in [2.75, 3.05) is 6.54 Å². The lowest BCUT2D eigenvalue weighted by Crippen LogP contribution is -2.31. The van der Waals surface area contributed by atoms with Crippen LogP contribution in [0.2, 0.25) is 0 Å². The van der Waals surface area contributed by atoms with Crippen molar-refractivity contribution in [3.05, 3.63) is 11.8 Å². The lowest BCUT2D eigenvalue weighted by molar-refractivity contribution is 0.347. The van der Waals surface area contributed by atoms with Crippen molar-refractivity contribution < 1.29 is 4.39 Å². The fraction of sp³-hybridized carbons (Fsp3) is 0.778. The van der Waals surface area contributed by atoms with E-state index in [0.29, 0.717) is 18.6 Å².